The van der Waals surface area contributed by atoms with Crippen molar-refractivity contribution < 1.29 is 19.2 Å². The second-order valence-electron chi connectivity index (χ2n) is 7.23. The first-order valence-corrected chi connectivity index (χ1v) is 8.67. The molecule has 0 spiro atoms. The lowest BCUT2D eigenvalue weighted by atomic mass is 9.76. The molecule has 1 fully saturated rings. The van der Waals surface area contributed by atoms with Crippen LogP contribution in [0.3, 0.4) is 0 Å². The molecule has 0 N–H and O–H groups in total. The van der Waals surface area contributed by atoms with E-state index in [1.807, 2.05) is 58.0 Å². The van der Waals surface area contributed by atoms with Crippen LogP contribution in [-0.2, 0) is 14.4 Å². The summed E-state index contributed by atoms with van der Waals surface area (Å²) in [6, 6.07) is 9.58. The van der Waals surface area contributed by atoms with E-state index in [0.717, 1.165) is 5.56 Å². The van der Waals surface area contributed by atoms with Crippen LogP contribution < -0.4 is 0 Å². The van der Waals surface area contributed by atoms with Crippen LogP contribution in [0.25, 0.3) is 0 Å². The summed E-state index contributed by atoms with van der Waals surface area (Å²) in [5.74, 6) is -0.239. The van der Waals surface area contributed by atoms with Crippen LogP contribution in [0.4, 0.5) is 4.79 Å². The average Bonchev–Trinajstić information content (AvgIpc) is 3.20. The minimum Gasteiger partial charge on any atom is -0.447 e. The molecule has 1 saturated heterocycles. The molecule has 2 amide bonds. The summed E-state index contributed by atoms with van der Waals surface area (Å²) in [6.07, 6.45) is -1.04. The number of amides is 2. The third-order valence-electron chi connectivity index (χ3n) is 5.30. The summed E-state index contributed by atoms with van der Waals surface area (Å²) < 4.78 is 5.27. The van der Waals surface area contributed by atoms with Gasteiger partial charge in [-0.1, -0.05) is 63.2 Å². The van der Waals surface area contributed by atoms with Gasteiger partial charge in [0.1, 0.15) is 6.61 Å². The Morgan fingerprint density at radius 2 is 1.84 bits per heavy atom. The number of hydrogen-bond donors (Lipinski definition) is 0. The van der Waals surface area contributed by atoms with Crippen LogP contribution in [0.1, 0.15) is 39.7 Å². The Kier molecular flexibility index (Phi) is 4.54. The fourth-order valence-corrected chi connectivity index (χ4v) is 3.74. The zero-order valence-electron chi connectivity index (χ0n) is 15.1. The summed E-state index contributed by atoms with van der Waals surface area (Å²) in [5, 5.41) is 4.06. The van der Waals surface area contributed by atoms with Gasteiger partial charge >= 0.3 is 6.09 Å². The lowest BCUT2D eigenvalue weighted by Crippen LogP contribution is -2.59. The molecule has 134 valence electrons. The van der Waals surface area contributed by atoms with Crippen LogP contribution >= 0.6 is 0 Å². The number of rotatable bonds is 4. The summed E-state index contributed by atoms with van der Waals surface area (Å²) in [5.41, 5.74) is 0.972. The van der Waals surface area contributed by atoms with Crippen molar-refractivity contribution >= 4 is 17.7 Å². The van der Waals surface area contributed by atoms with Crippen LogP contribution in [0.15, 0.2) is 35.5 Å². The van der Waals surface area contributed by atoms with Gasteiger partial charge in [-0.2, -0.15) is 0 Å². The monoisotopic (exact) mass is 344 g/mol. The molecular formula is C19H24N2O4. The fourth-order valence-electron chi connectivity index (χ4n) is 3.74. The molecule has 3 rings (SSSR count). The number of nitrogens with zero attached hydrogens (tertiary/aromatic N) is 2. The van der Waals surface area contributed by atoms with Crippen molar-refractivity contribution in [3.8, 4) is 0 Å². The van der Waals surface area contributed by atoms with Gasteiger partial charge in [0.25, 0.3) is 5.91 Å². The highest BCUT2D eigenvalue weighted by Crippen LogP contribution is 2.39. The van der Waals surface area contributed by atoms with Gasteiger partial charge < -0.3 is 9.57 Å². The minimum absolute atomic E-state index is 0.0683. The SMILES string of the molecule is CC(C)C1(C(C)C)COC(=O)N1C(=O)C1CC(c2ccccc2)=NO1. The summed E-state index contributed by atoms with van der Waals surface area (Å²) >= 11 is 0. The maximum absolute atomic E-state index is 13.1. The van der Waals surface area contributed by atoms with Crippen LogP contribution in [-0.4, -0.2) is 40.9 Å². The lowest BCUT2D eigenvalue weighted by molar-refractivity contribution is -0.145. The zero-order valence-corrected chi connectivity index (χ0v) is 15.1. The number of carbonyl (C=O) groups excluding carboxylic acids is 2. The Morgan fingerprint density at radius 3 is 2.44 bits per heavy atom. The van der Waals surface area contributed by atoms with Gasteiger partial charge in [-0.25, -0.2) is 9.69 Å². The van der Waals surface area contributed by atoms with Crippen LogP contribution in [0, 0.1) is 11.8 Å². The molecule has 0 bridgehead atoms. The predicted octanol–water partition coefficient (Wildman–Crippen LogP) is 3.21. The van der Waals surface area contributed by atoms with E-state index in [2.05, 4.69) is 5.16 Å². The van der Waals surface area contributed by atoms with E-state index < -0.39 is 17.7 Å². The van der Waals surface area contributed by atoms with Gasteiger partial charge in [-0.3, -0.25) is 4.79 Å². The van der Waals surface area contributed by atoms with Gasteiger partial charge in [0.2, 0.25) is 6.10 Å². The number of imide groups is 1. The van der Waals surface area contributed by atoms with Crippen molar-refractivity contribution in [3.05, 3.63) is 35.9 Å². The molecule has 0 saturated carbocycles. The molecule has 25 heavy (non-hydrogen) atoms. The lowest BCUT2D eigenvalue weighted by Gasteiger charge is -2.41. The van der Waals surface area contributed by atoms with Crippen molar-refractivity contribution in [1.82, 2.24) is 4.90 Å². The minimum atomic E-state index is -0.794. The molecule has 0 aliphatic carbocycles. The van der Waals surface area contributed by atoms with E-state index in [-0.39, 0.29) is 24.3 Å². The molecule has 1 aromatic carbocycles. The first-order valence-electron chi connectivity index (χ1n) is 8.67. The topological polar surface area (TPSA) is 68.2 Å². The largest absolute Gasteiger partial charge is 0.447 e. The van der Waals surface area contributed by atoms with Gasteiger partial charge in [0.15, 0.2) is 0 Å². The molecule has 2 aliphatic rings. The Hall–Kier alpha value is -2.37. The number of benzene rings is 1. The Balaban J connectivity index is 1.82. The molecule has 6 nitrogen and oxygen atoms in total. The first kappa shape index (κ1) is 17.5. The molecule has 6 heteroatoms. The van der Waals surface area contributed by atoms with Crippen molar-refractivity contribution in [2.75, 3.05) is 6.61 Å². The van der Waals surface area contributed by atoms with E-state index in [1.165, 1.54) is 4.90 Å². The highest BCUT2D eigenvalue weighted by molar-refractivity contribution is 6.06. The van der Waals surface area contributed by atoms with Crippen molar-refractivity contribution in [2.24, 2.45) is 17.0 Å². The third-order valence-corrected chi connectivity index (χ3v) is 5.30. The van der Waals surface area contributed by atoms with Gasteiger partial charge in [0.05, 0.1) is 11.3 Å². The normalized spacial score (nSPS) is 22.2. The number of carbonyl (C=O) groups is 2. The fraction of sp³-hybridized carbons (Fsp3) is 0.526. The van der Waals surface area contributed by atoms with Crippen molar-refractivity contribution in [2.45, 2.75) is 45.8 Å². The Morgan fingerprint density at radius 1 is 1.20 bits per heavy atom. The van der Waals surface area contributed by atoms with Gasteiger partial charge in [-0.05, 0) is 17.4 Å². The van der Waals surface area contributed by atoms with Crippen molar-refractivity contribution in [1.29, 1.82) is 0 Å². The molecule has 0 radical (unpaired) electrons. The second kappa shape index (κ2) is 6.50. The van der Waals surface area contributed by atoms with E-state index in [4.69, 9.17) is 9.57 Å². The third kappa shape index (κ3) is 2.79. The molecule has 1 unspecified atom stereocenters. The maximum Gasteiger partial charge on any atom is 0.417 e. The highest BCUT2D eigenvalue weighted by atomic mass is 16.6. The number of oxime groups is 1. The number of hydrogen-bond acceptors (Lipinski definition) is 5. The summed E-state index contributed by atoms with van der Waals surface area (Å²) in [4.78, 5) is 32.1. The smallest absolute Gasteiger partial charge is 0.417 e. The molecule has 1 aromatic rings. The quantitative estimate of drug-likeness (QED) is 0.841. The molecule has 1 atom stereocenters. The average molecular weight is 344 g/mol. The zero-order chi connectivity index (χ0) is 18.2. The molecule has 0 aromatic heterocycles. The summed E-state index contributed by atoms with van der Waals surface area (Å²) in [6.45, 7) is 8.23. The second-order valence-corrected chi connectivity index (χ2v) is 7.23. The van der Waals surface area contributed by atoms with E-state index >= 15 is 0 Å². The Labute approximate surface area is 147 Å². The van der Waals surface area contributed by atoms with Crippen LogP contribution in [0.5, 0.6) is 0 Å². The molecular weight excluding hydrogens is 320 g/mol. The number of cyclic esters (lactones) is 1. The molecule has 2 heterocycles. The van der Waals surface area contributed by atoms with Crippen LogP contribution in [0.2, 0.25) is 0 Å². The van der Waals surface area contributed by atoms with Gasteiger partial charge in [0, 0.05) is 6.42 Å². The number of ether oxygens (including phenoxy) is 1. The summed E-state index contributed by atoms with van der Waals surface area (Å²) in [7, 11) is 0. The molecule has 2 aliphatic heterocycles. The van der Waals surface area contributed by atoms with Gasteiger partial charge in [-0.15, -0.1) is 0 Å². The first-order chi connectivity index (χ1) is 11.9. The van der Waals surface area contributed by atoms with E-state index in [1.54, 1.807) is 0 Å². The highest BCUT2D eigenvalue weighted by Gasteiger charge is 2.56. The predicted molar refractivity (Wildman–Crippen MR) is 93.1 cm³/mol. The van der Waals surface area contributed by atoms with Crippen molar-refractivity contribution in [3.63, 3.8) is 0 Å². The van der Waals surface area contributed by atoms with E-state index in [9.17, 15) is 9.59 Å². The maximum atomic E-state index is 13.1. The standard InChI is InChI=1S/C19H24N2O4/c1-12(2)19(13(3)4)11-24-18(23)21(19)17(22)16-10-15(20-25-16)14-8-6-5-7-9-14/h5-9,12-13,16H,10-11H2,1-4H3. The Bertz CT molecular complexity index is 689. The van der Waals surface area contributed by atoms with E-state index in [0.29, 0.717) is 12.1 Å².